The van der Waals surface area contributed by atoms with Gasteiger partial charge >= 0.3 is 6.09 Å². The number of carbonyl (C=O) groups is 1. The number of ether oxygens (including phenoxy) is 1. The molecule has 0 bridgehead atoms. The van der Waals surface area contributed by atoms with E-state index in [1.165, 1.54) is 0 Å². The van der Waals surface area contributed by atoms with Crippen LogP contribution < -0.4 is 0 Å². The maximum Gasteiger partial charge on any atom is 0.410 e. The first-order valence-corrected chi connectivity index (χ1v) is 6.94. The van der Waals surface area contributed by atoms with Crippen molar-refractivity contribution in [2.24, 2.45) is 0 Å². The van der Waals surface area contributed by atoms with E-state index in [-0.39, 0.29) is 18.6 Å². The predicted molar refractivity (Wildman–Crippen MR) is 75.4 cm³/mol. The van der Waals surface area contributed by atoms with E-state index < -0.39 is 11.7 Å². The lowest BCUT2D eigenvalue weighted by molar-refractivity contribution is -0.00190. The van der Waals surface area contributed by atoms with Crippen LogP contribution in [0.15, 0.2) is 24.4 Å². The highest BCUT2D eigenvalue weighted by molar-refractivity contribution is 5.68. The molecule has 1 amide bonds. The molecule has 2 unspecified atom stereocenters. The summed E-state index contributed by atoms with van der Waals surface area (Å²) in [6.45, 7) is 6.37. The van der Waals surface area contributed by atoms with Crippen LogP contribution >= 0.6 is 0 Å². The highest BCUT2D eigenvalue weighted by Crippen LogP contribution is 2.27. The molecule has 1 aliphatic heterocycles. The number of β-amino-alcohol motifs (C(OH)–C–C–N with tert-alkyl or cyclic N) is 1. The van der Waals surface area contributed by atoms with Crippen LogP contribution in [-0.2, 0) is 4.74 Å². The van der Waals surface area contributed by atoms with Crippen LogP contribution in [0.5, 0.6) is 0 Å². The largest absolute Gasteiger partial charge is 0.444 e. The van der Waals surface area contributed by atoms with Crippen molar-refractivity contribution in [3.05, 3.63) is 30.1 Å². The first-order chi connectivity index (χ1) is 9.37. The highest BCUT2D eigenvalue weighted by Gasteiger charge is 2.33. The predicted octanol–water partition coefficient (Wildman–Crippen LogP) is 2.17. The normalized spacial score (nSPS) is 23.5. The summed E-state index contributed by atoms with van der Waals surface area (Å²) in [5, 5.41) is 10.3. The van der Waals surface area contributed by atoms with Gasteiger partial charge in [0.2, 0.25) is 0 Å². The van der Waals surface area contributed by atoms with Crippen LogP contribution in [-0.4, -0.2) is 45.9 Å². The van der Waals surface area contributed by atoms with Gasteiger partial charge in [-0.2, -0.15) is 0 Å². The van der Waals surface area contributed by atoms with E-state index >= 15 is 0 Å². The molecule has 5 heteroatoms. The van der Waals surface area contributed by atoms with Gasteiger partial charge in [0, 0.05) is 24.4 Å². The van der Waals surface area contributed by atoms with E-state index in [2.05, 4.69) is 4.98 Å². The number of rotatable bonds is 1. The van der Waals surface area contributed by atoms with Crippen molar-refractivity contribution in [2.45, 2.75) is 44.8 Å². The molecule has 0 radical (unpaired) electrons. The molecule has 1 fully saturated rings. The number of aliphatic hydroxyl groups is 1. The topological polar surface area (TPSA) is 62.7 Å². The Morgan fingerprint density at radius 3 is 2.75 bits per heavy atom. The van der Waals surface area contributed by atoms with Gasteiger partial charge in [-0.3, -0.25) is 4.98 Å². The first-order valence-electron chi connectivity index (χ1n) is 6.94. The average molecular weight is 278 g/mol. The summed E-state index contributed by atoms with van der Waals surface area (Å²) in [5.74, 6) is -0.0186. The summed E-state index contributed by atoms with van der Waals surface area (Å²) >= 11 is 0. The van der Waals surface area contributed by atoms with Crippen LogP contribution in [0.4, 0.5) is 4.79 Å². The van der Waals surface area contributed by atoms with Gasteiger partial charge in [0.1, 0.15) is 5.60 Å². The van der Waals surface area contributed by atoms with Crippen molar-refractivity contribution in [3.8, 4) is 0 Å². The average Bonchev–Trinajstić information content (AvgIpc) is 2.37. The second-order valence-electron chi connectivity index (χ2n) is 6.14. The van der Waals surface area contributed by atoms with Gasteiger partial charge in [-0.25, -0.2) is 4.79 Å². The van der Waals surface area contributed by atoms with Crippen molar-refractivity contribution < 1.29 is 14.6 Å². The van der Waals surface area contributed by atoms with E-state index in [0.717, 1.165) is 5.69 Å². The zero-order valence-corrected chi connectivity index (χ0v) is 12.2. The molecule has 0 aromatic carbocycles. The second kappa shape index (κ2) is 5.79. The molecule has 1 aromatic heterocycles. The molecular weight excluding hydrogens is 256 g/mol. The molecule has 0 aliphatic carbocycles. The third kappa shape index (κ3) is 3.70. The fourth-order valence-electron chi connectivity index (χ4n) is 2.36. The molecule has 1 aliphatic rings. The summed E-state index contributed by atoms with van der Waals surface area (Å²) in [6, 6.07) is 5.68. The maximum atomic E-state index is 12.0. The second-order valence-corrected chi connectivity index (χ2v) is 6.14. The van der Waals surface area contributed by atoms with Gasteiger partial charge in [0.15, 0.2) is 0 Å². The summed E-state index contributed by atoms with van der Waals surface area (Å²) in [7, 11) is 0. The number of carbonyl (C=O) groups excluding carboxylic acids is 1. The lowest BCUT2D eigenvalue weighted by Gasteiger charge is -2.36. The van der Waals surface area contributed by atoms with Gasteiger partial charge in [-0.05, 0) is 39.3 Å². The van der Waals surface area contributed by atoms with E-state index in [4.69, 9.17) is 4.74 Å². The summed E-state index contributed by atoms with van der Waals surface area (Å²) in [5.41, 5.74) is 0.365. The summed E-state index contributed by atoms with van der Waals surface area (Å²) in [6.07, 6.45) is 1.45. The Labute approximate surface area is 119 Å². The first kappa shape index (κ1) is 14.8. The molecule has 1 N–H and O–H groups in total. The number of likely N-dealkylation sites (tertiary alicyclic amines) is 1. The Bertz CT molecular complexity index is 456. The molecule has 1 saturated heterocycles. The van der Waals surface area contributed by atoms with E-state index in [0.29, 0.717) is 13.0 Å². The number of piperidine rings is 1. The molecular formula is C15H22N2O3. The van der Waals surface area contributed by atoms with Crippen LogP contribution in [0, 0.1) is 0 Å². The molecule has 0 spiro atoms. The smallest absolute Gasteiger partial charge is 0.410 e. The van der Waals surface area contributed by atoms with Gasteiger partial charge in [0.25, 0.3) is 0 Å². The third-order valence-corrected chi connectivity index (χ3v) is 3.30. The highest BCUT2D eigenvalue weighted by atomic mass is 16.6. The quantitative estimate of drug-likeness (QED) is 0.855. The van der Waals surface area contributed by atoms with Gasteiger partial charge in [-0.1, -0.05) is 6.07 Å². The molecule has 1 aromatic rings. The van der Waals surface area contributed by atoms with Crippen molar-refractivity contribution in [2.75, 3.05) is 13.1 Å². The fraction of sp³-hybridized carbons (Fsp3) is 0.600. The Morgan fingerprint density at radius 2 is 2.20 bits per heavy atom. The van der Waals surface area contributed by atoms with Gasteiger partial charge in [0.05, 0.1) is 12.6 Å². The fourth-order valence-corrected chi connectivity index (χ4v) is 2.36. The Morgan fingerprint density at radius 1 is 1.45 bits per heavy atom. The minimum Gasteiger partial charge on any atom is -0.444 e. The zero-order valence-electron chi connectivity index (χ0n) is 12.2. The monoisotopic (exact) mass is 278 g/mol. The number of pyridine rings is 1. The van der Waals surface area contributed by atoms with Crippen LogP contribution in [0.2, 0.25) is 0 Å². The van der Waals surface area contributed by atoms with E-state index in [1.54, 1.807) is 11.1 Å². The standard InChI is InChI=1S/C15H22N2O3/c1-15(2,3)20-14(19)17-9-7-11(13(18)10-17)12-6-4-5-8-16-12/h4-6,8,11,13,18H,7,9-10H2,1-3H3. The van der Waals surface area contributed by atoms with Gasteiger partial charge in [-0.15, -0.1) is 0 Å². The van der Waals surface area contributed by atoms with Crippen LogP contribution in [0.3, 0.4) is 0 Å². The zero-order chi connectivity index (χ0) is 14.8. The molecule has 2 heterocycles. The number of nitrogens with zero attached hydrogens (tertiary/aromatic N) is 2. The Hall–Kier alpha value is -1.62. The van der Waals surface area contributed by atoms with Crippen LogP contribution in [0.25, 0.3) is 0 Å². The minimum absolute atomic E-state index is 0.0186. The van der Waals surface area contributed by atoms with Gasteiger partial charge < -0.3 is 14.7 Å². The van der Waals surface area contributed by atoms with Crippen LogP contribution in [0.1, 0.15) is 38.8 Å². The maximum absolute atomic E-state index is 12.0. The molecule has 110 valence electrons. The molecule has 2 rings (SSSR count). The molecule has 2 atom stereocenters. The lowest BCUT2D eigenvalue weighted by atomic mass is 9.90. The third-order valence-electron chi connectivity index (χ3n) is 3.30. The van der Waals surface area contributed by atoms with E-state index in [9.17, 15) is 9.90 Å². The Kier molecular flexibility index (Phi) is 4.28. The van der Waals surface area contributed by atoms with Crippen molar-refractivity contribution in [3.63, 3.8) is 0 Å². The van der Waals surface area contributed by atoms with Crippen molar-refractivity contribution in [1.82, 2.24) is 9.88 Å². The number of aromatic nitrogens is 1. The SMILES string of the molecule is CC(C)(C)OC(=O)N1CCC(c2ccccn2)C(O)C1. The van der Waals surface area contributed by atoms with Crippen molar-refractivity contribution in [1.29, 1.82) is 0 Å². The molecule has 20 heavy (non-hydrogen) atoms. The number of hydrogen-bond acceptors (Lipinski definition) is 4. The summed E-state index contributed by atoms with van der Waals surface area (Å²) in [4.78, 5) is 17.8. The van der Waals surface area contributed by atoms with Crippen molar-refractivity contribution >= 4 is 6.09 Å². The number of hydrogen-bond donors (Lipinski definition) is 1. The summed E-state index contributed by atoms with van der Waals surface area (Å²) < 4.78 is 5.33. The minimum atomic E-state index is -0.605. The number of amides is 1. The molecule has 0 saturated carbocycles. The number of aliphatic hydroxyl groups excluding tert-OH is 1. The molecule has 5 nitrogen and oxygen atoms in total. The lowest BCUT2D eigenvalue weighted by Crippen LogP contribution is -2.47. The Balaban J connectivity index is 1.97. The van der Waals surface area contributed by atoms with E-state index in [1.807, 2.05) is 39.0 Å².